The van der Waals surface area contributed by atoms with Gasteiger partial charge in [0.15, 0.2) is 15.0 Å². The van der Waals surface area contributed by atoms with E-state index in [2.05, 4.69) is 10.3 Å². The van der Waals surface area contributed by atoms with Crippen molar-refractivity contribution in [3.05, 3.63) is 58.4 Å². The lowest BCUT2D eigenvalue weighted by atomic mass is 10.1. The Morgan fingerprint density at radius 1 is 1.21 bits per heavy atom. The first-order chi connectivity index (χ1) is 13.9. The van der Waals surface area contributed by atoms with E-state index < -0.39 is 15.7 Å². The highest BCUT2D eigenvalue weighted by Gasteiger charge is 2.18. The summed E-state index contributed by atoms with van der Waals surface area (Å²) in [6, 6.07) is 11.8. The molecule has 2 aromatic carbocycles. The fourth-order valence-electron chi connectivity index (χ4n) is 2.98. The Hall–Kier alpha value is -2.42. The summed E-state index contributed by atoms with van der Waals surface area (Å²) in [5.74, 6) is 0.217. The van der Waals surface area contributed by atoms with Crippen LogP contribution in [0.4, 0.5) is 5.13 Å². The molecule has 2 heterocycles. The molecule has 0 atom stereocenters. The molecule has 1 N–H and O–H groups in total. The molecule has 0 spiro atoms. The summed E-state index contributed by atoms with van der Waals surface area (Å²) in [6.45, 7) is 0.691. The minimum absolute atomic E-state index is 0.145. The molecule has 150 valence electrons. The van der Waals surface area contributed by atoms with Crippen LogP contribution in [0.15, 0.2) is 52.7 Å². The van der Waals surface area contributed by atoms with Crippen molar-refractivity contribution in [2.75, 3.05) is 17.7 Å². The van der Waals surface area contributed by atoms with Crippen LogP contribution in [0.5, 0.6) is 5.75 Å². The van der Waals surface area contributed by atoms with Gasteiger partial charge in [-0.05, 0) is 48.0 Å². The molecule has 3 aromatic rings. The summed E-state index contributed by atoms with van der Waals surface area (Å²) in [7, 11) is -3.56. The molecule has 1 aromatic heterocycles. The fraction of sp³-hybridized carbons (Fsp3) is 0.200. The number of anilines is 1. The molecule has 1 aliphatic rings. The Balaban J connectivity index is 1.37. The number of amides is 1. The average Bonchev–Trinajstić information content (AvgIpc) is 3.35. The maximum atomic E-state index is 12.3. The normalized spacial score (nSPS) is 13.0. The number of hydrogen-bond donors (Lipinski definition) is 1. The lowest BCUT2D eigenvalue weighted by Crippen LogP contribution is -2.17. The molecule has 0 radical (unpaired) electrons. The van der Waals surface area contributed by atoms with Gasteiger partial charge in [0.25, 0.3) is 0 Å². The second kappa shape index (κ2) is 8.14. The summed E-state index contributed by atoms with van der Waals surface area (Å²) in [4.78, 5) is 16.8. The van der Waals surface area contributed by atoms with Crippen LogP contribution >= 0.6 is 22.9 Å². The number of fused-ring (bicyclic) bond motifs is 1. The number of thiazole rings is 1. The minimum Gasteiger partial charge on any atom is -0.493 e. The Labute approximate surface area is 177 Å². The van der Waals surface area contributed by atoms with Crippen molar-refractivity contribution >= 4 is 43.8 Å². The SMILES string of the molecule is O=C(CCS(=O)(=O)c1ccc(Cl)cc1)Nc1nc(-c2ccc3c(c2)CCO3)cs1. The molecule has 0 unspecified atom stereocenters. The number of hydrogen-bond acceptors (Lipinski definition) is 6. The third-order valence-electron chi connectivity index (χ3n) is 4.51. The highest BCUT2D eigenvalue weighted by molar-refractivity contribution is 7.91. The zero-order valence-corrected chi connectivity index (χ0v) is 17.6. The first-order valence-electron chi connectivity index (χ1n) is 8.90. The number of halogens is 1. The molecular weight excluding hydrogens is 432 g/mol. The van der Waals surface area contributed by atoms with Crippen LogP contribution in [-0.4, -0.2) is 31.7 Å². The lowest BCUT2D eigenvalue weighted by molar-refractivity contribution is -0.115. The number of sulfone groups is 1. The van der Waals surface area contributed by atoms with E-state index >= 15 is 0 Å². The maximum Gasteiger partial charge on any atom is 0.227 e. The van der Waals surface area contributed by atoms with Crippen molar-refractivity contribution in [2.45, 2.75) is 17.7 Å². The predicted octanol–water partition coefficient (Wildman–Crippen LogP) is 4.20. The maximum absolute atomic E-state index is 12.3. The topological polar surface area (TPSA) is 85.4 Å². The highest BCUT2D eigenvalue weighted by Crippen LogP contribution is 2.32. The van der Waals surface area contributed by atoms with Crippen LogP contribution in [0, 0.1) is 0 Å². The molecular formula is C20H17ClN2O4S2. The van der Waals surface area contributed by atoms with Gasteiger partial charge >= 0.3 is 0 Å². The molecule has 0 saturated heterocycles. The van der Waals surface area contributed by atoms with Crippen molar-refractivity contribution in [3.8, 4) is 17.0 Å². The van der Waals surface area contributed by atoms with Gasteiger partial charge < -0.3 is 10.1 Å². The molecule has 0 saturated carbocycles. The fourth-order valence-corrected chi connectivity index (χ4v) is 5.08. The first kappa shape index (κ1) is 19.9. The highest BCUT2D eigenvalue weighted by atomic mass is 35.5. The standard InChI is InChI=1S/C20H17ClN2O4S2/c21-15-2-4-16(5-3-15)29(25,26)10-8-19(24)23-20-22-17(12-28-20)13-1-6-18-14(11-13)7-9-27-18/h1-6,11-12H,7-10H2,(H,22,23,24). The van der Waals surface area contributed by atoms with Gasteiger partial charge in [-0.15, -0.1) is 11.3 Å². The number of rotatable bonds is 6. The third kappa shape index (κ3) is 4.60. The molecule has 1 amide bonds. The number of aromatic nitrogens is 1. The lowest BCUT2D eigenvalue weighted by Gasteiger charge is -2.05. The van der Waals surface area contributed by atoms with E-state index in [0.717, 1.165) is 29.0 Å². The van der Waals surface area contributed by atoms with E-state index in [1.165, 1.54) is 35.6 Å². The van der Waals surface area contributed by atoms with E-state index in [0.29, 0.717) is 16.8 Å². The van der Waals surface area contributed by atoms with Crippen LogP contribution < -0.4 is 10.1 Å². The van der Waals surface area contributed by atoms with Gasteiger partial charge in [-0.2, -0.15) is 0 Å². The predicted molar refractivity (Wildman–Crippen MR) is 114 cm³/mol. The molecule has 0 fully saturated rings. The summed E-state index contributed by atoms with van der Waals surface area (Å²) in [5.41, 5.74) is 2.86. The first-order valence-corrected chi connectivity index (χ1v) is 11.8. The summed E-state index contributed by atoms with van der Waals surface area (Å²) in [5, 5.41) is 5.43. The van der Waals surface area contributed by atoms with Gasteiger partial charge in [0, 0.05) is 28.8 Å². The Morgan fingerprint density at radius 3 is 2.79 bits per heavy atom. The van der Waals surface area contributed by atoms with E-state index in [1.807, 2.05) is 23.6 Å². The van der Waals surface area contributed by atoms with Gasteiger partial charge in [-0.3, -0.25) is 4.79 Å². The Bertz CT molecular complexity index is 1160. The molecule has 4 rings (SSSR count). The summed E-state index contributed by atoms with van der Waals surface area (Å²) < 4.78 is 30.2. The number of carbonyl (C=O) groups excluding carboxylic acids is 1. The van der Waals surface area contributed by atoms with Gasteiger partial charge in [0.1, 0.15) is 5.75 Å². The van der Waals surface area contributed by atoms with Gasteiger partial charge in [0.2, 0.25) is 5.91 Å². The number of carbonyl (C=O) groups is 1. The van der Waals surface area contributed by atoms with Crippen LogP contribution in [0.3, 0.4) is 0 Å². The number of nitrogens with one attached hydrogen (secondary N) is 1. The van der Waals surface area contributed by atoms with E-state index in [-0.39, 0.29) is 17.1 Å². The molecule has 0 aliphatic carbocycles. The monoisotopic (exact) mass is 448 g/mol. The zero-order valence-electron chi connectivity index (χ0n) is 15.2. The zero-order chi connectivity index (χ0) is 20.4. The second-order valence-electron chi connectivity index (χ2n) is 6.53. The van der Waals surface area contributed by atoms with Crippen molar-refractivity contribution < 1.29 is 17.9 Å². The van der Waals surface area contributed by atoms with Crippen molar-refractivity contribution in [2.24, 2.45) is 0 Å². The molecule has 6 nitrogen and oxygen atoms in total. The molecule has 9 heteroatoms. The Morgan fingerprint density at radius 2 is 2.00 bits per heavy atom. The third-order valence-corrected chi connectivity index (χ3v) is 7.25. The smallest absolute Gasteiger partial charge is 0.227 e. The van der Waals surface area contributed by atoms with E-state index in [9.17, 15) is 13.2 Å². The van der Waals surface area contributed by atoms with Crippen LogP contribution in [0.2, 0.25) is 5.02 Å². The number of benzene rings is 2. The van der Waals surface area contributed by atoms with Crippen molar-refractivity contribution in [3.63, 3.8) is 0 Å². The molecule has 29 heavy (non-hydrogen) atoms. The second-order valence-corrected chi connectivity index (χ2v) is 9.93. The average molecular weight is 449 g/mol. The minimum atomic E-state index is -3.56. The van der Waals surface area contributed by atoms with Crippen LogP contribution in [0.1, 0.15) is 12.0 Å². The van der Waals surface area contributed by atoms with Gasteiger partial charge in [-0.1, -0.05) is 11.6 Å². The largest absolute Gasteiger partial charge is 0.493 e. The van der Waals surface area contributed by atoms with E-state index in [4.69, 9.17) is 16.3 Å². The van der Waals surface area contributed by atoms with Gasteiger partial charge in [0.05, 0.1) is 22.9 Å². The van der Waals surface area contributed by atoms with Gasteiger partial charge in [-0.25, -0.2) is 13.4 Å². The van der Waals surface area contributed by atoms with E-state index in [1.54, 1.807) is 0 Å². The summed E-state index contributed by atoms with van der Waals surface area (Å²) >= 11 is 7.08. The number of ether oxygens (including phenoxy) is 1. The quantitative estimate of drug-likeness (QED) is 0.610. The Kier molecular flexibility index (Phi) is 5.58. The van der Waals surface area contributed by atoms with Crippen LogP contribution in [-0.2, 0) is 21.1 Å². The van der Waals surface area contributed by atoms with Crippen LogP contribution in [0.25, 0.3) is 11.3 Å². The summed E-state index contributed by atoms with van der Waals surface area (Å²) in [6.07, 6.45) is 0.717. The molecule has 0 bridgehead atoms. The number of nitrogens with zero attached hydrogens (tertiary/aromatic N) is 1. The van der Waals surface area contributed by atoms with Crippen molar-refractivity contribution in [1.29, 1.82) is 0 Å². The molecule has 1 aliphatic heterocycles. The van der Waals surface area contributed by atoms with Crippen molar-refractivity contribution in [1.82, 2.24) is 4.98 Å².